The van der Waals surface area contributed by atoms with Crippen LogP contribution < -0.4 is 9.62 Å². The van der Waals surface area contributed by atoms with Crippen molar-refractivity contribution in [2.45, 2.75) is 30.7 Å². The fourth-order valence-corrected chi connectivity index (χ4v) is 5.45. The van der Waals surface area contributed by atoms with E-state index in [2.05, 4.69) is 9.62 Å². The summed E-state index contributed by atoms with van der Waals surface area (Å²) < 4.78 is 41.3. The monoisotopic (exact) mass is 495 g/mol. The highest BCUT2D eigenvalue weighted by Gasteiger charge is 2.22. The second kappa shape index (κ2) is 11.0. The van der Waals surface area contributed by atoms with E-state index < -0.39 is 10.0 Å². The zero-order valence-electron chi connectivity index (χ0n) is 19.7. The number of hydrogen-bond acceptors (Lipinski definition) is 4. The molecule has 1 aliphatic rings. The first-order chi connectivity index (χ1) is 16.8. The lowest BCUT2D eigenvalue weighted by atomic mass is 10.1. The van der Waals surface area contributed by atoms with E-state index in [1.165, 1.54) is 12.1 Å². The number of nitrogens with one attached hydrogen (secondary N) is 1. The maximum atomic E-state index is 13.1. The van der Waals surface area contributed by atoms with Gasteiger partial charge in [-0.2, -0.15) is 0 Å². The number of carbonyl (C=O) groups excluding carboxylic acids is 1. The fraction of sp³-hybridized carbons (Fsp3) is 0.296. The van der Waals surface area contributed by atoms with Crippen molar-refractivity contribution < 1.29 is 17.6 Å². The van der Waals surface area contributed by atoms with Gasteiger partial charge in [-0.15, -0.1) is 0 Å². The molecule has 0 bridgehead atoms. The first-order valence-corrected chi connectivity index (χ1v) is 13.2. The summed E-state index contributed by atoms with van der Waals surface area (Å²) in [5.74, 6) is -0.176. The van der Waals surface area contributed by atoms with Gasteiger partial charge in [0.2, 0.25) is 15.9 Å². The number of sulfonamides is 1. The predicted molar refractivity (Wildman–Crippen MR) is 135 cm³/mol. The third kappa shape index (κ3) is 6.46. The molecule has 4 rings (SSSR count). The van der Waals surface area contributed by atoms with Crippen LogP contribution in [0, 0.1) is 5.82 Å². The van der Waals surface area contributed by atoms with Crippen molar-refractivity contribution >= 4 is 21.6 Å². The molecule has 1 fully saturated rings. The Hall–Kier alpha value is -3.23. The van der Waals surface area contributed by atoms with Crippen molar-refractivity contribution in [3.05, 3.63) is 95.8 Å². The first kappa shape index (κ1) is 24.9. The molecule has 1 amide bonds. The second-order valence-corrected chi connectivity index (χ2v) is 10.5. The highest BCUT2D eigenvalue weighted by molar-refractivity contribution is 7.89. The number of nitrogens with zero attached hydrogens (tertiary/aromatic N) is 2. The van der Waals surface area contributed by atoms with Crippen LogP contribution in [-0.4, -0.2) is 45.4 Å². The number of benzene rings is 3. The number of piperazine rings is 1. The molecule has 1 heterocycles. The van der Waals surface area contributed by atoms with Gasteiger partial charge in [-0.1, -0.05) is 42.5 Å². The largest absolute Gasteiger partial charge is 0.368 e. The molecule has 1 atom stereocenters. The number of carbonyl (C=O) groups is 1. The van der Waals surface area contributed by atoms with E-state index in [1.807, 2.05) is 42.2 Å². The molecule has 0 radical (unpaired) electrons. The van der Waals surface area contributed by atoms with E-state index in [4.69, 9.17) is 0 Å². The van der Waals surface area contributed by atoms with E-state index in [9.17, 15) is 17.6 Å². The summed E-state index contributed by atoms with van der Waals surface area (Å²) in [5.41, 5.74) is 2.77. The number of halogens is 1. The second-order valence-electron chi connectivity index (χ2n) is 8.74. The van der Waals surface area contributed by atoms with Crippen molar-refractivity contribution in [2.75, 3.05) is 31.1 Å². The first-order valence-electron chi connectivity index (χ1n) is 11.8. The minimum absolute atomic E-state index is 0.0822. The topological polar surface area (TPSA) is 69.7 Å². The number of hydrogen-bond donors (Lipinski definition) is 1. The molecular formula is C27H30FN3O3S. The lowest BCUT2D eigenvalue weighted by molar-refractivity contribution is -0.131. The predicted octanol–water partition coefficient (Wildman–Crippen LogP) is 4.15. The van der Waals surface area contributed by atoms with Gasteiger partial charge in [0, 0.05) is 44.3 Å². The van der Waals surface area contributed by atoms with Gasteiger partial charge < -0.3 is 9.80 Å². The van der Waals surface area contributed by atoms with Crippen molar-refractivity contribution in [3.63, 3.8) is 0 Å². The maximum Gasteiger partial charge on any atom is 0.241 e. The van der Waals surface area contributed by atoms with Crippen LogP contribution in [0.15, 0.2) is 83.8 Å². The fourth-order valence-electron chi connectivity index (χ4n) is 4.22. The third-order valence-electron chi connectivity index (χ3n) is 6.32. The van der Waals surface area contributed by atoms with Crippen LogP contribution in [0.25, 0.3) is 0 Å². The number of aryl methyl sites for hydroxylation is 1. The molecule has 3 aromatic carbocycles. The molecular weight excluding hydrogens is 465 g/mol. The normalized spacial score (nSPS) is 15.1. The van der Waals surface area contributed by atoms with Gasteiger partial charge in [0.05, 0.1) is 4.90 Å². The Morgan fingerprint density at radius 3 is 2.17 bits per heavy atom. The summed E-state index contributed by atoms with van der Waals surface area (Å²) >= 11 is 0. The van der Waals surface area contributed by atoms with Gasteiger partial charge >= 0.3 is 0 Å². The Kier molecular flexibility index (Phi) is 7.83. The molecule has 0 aromatic heterocycles. The van der Waals surface area contributed by atoms with Crippen LogP contribution >= 0.6 is 0 Å². The lowest BCUT2D eigenvalue weighted by Gasteiger charge is -2.36. The van der Waals surface area contributed by atoms with Crippen molar-refractivity contribution in [3.8, 4) is 0 Å². The van der Waals surface area contributed by atoms with E-state index in [0.29, 0.717) is 39.0 Å². The summed E-state index contributed by atoms with van der Waals surface area (Å²) in [6, 6.07) is 22.2. The van der Waals surface area contributed by atoms with Crippen molar-refractivity contribution in [1.29, 1.82) is 0 Å². The quantitative estimate of drug-likeness (QED) is 0.510. The summed E-state index contributed by atoms with van der Waals surface area (Å²) in [4.78, 5) is 16.9. The van der Waals surface area contributed by atoms with Crippen LogP contribution in [0.4, 0.5) is 10.1 Å². The average molecular weight is 496 g/mol. The summed E-state index contributed by atoms with van der Waals surface area (Å²) in [7, 11) is -3.65. The van der Waals surface area contributed by atoms with E-state index in [0.717, 1.165) is 16.8 Å². The minimum Gasteiger partial charge on any atom is -0.368 e. The van der Waals surface area contributed by atoms with Crippen LogP contribution in [0.1, 0.15) is 30.5 Å². The SMILES string of the molecule is C[C@@H](NS(=O)(=O)c1ccc(CCC(=O)N2CCN(c3ccc(F)cc3)CC2)cc1)c1ccccc1. The van der Waals surface area contributed by atoms with Gasteiger partial charge in [0.25, 0.3) is 0 Å². The van der Waals surface area contributed by atoms with Gasteiger partial charge in [0.1, 0.15) is 5.82 Å². The molecule has 0 unspecified atom stereocenters. The molecule has 3 aromatic rings. The average Bonchev–Trinajstić information content (AvgIpc) is 2.88. The number of amides is 1. The zero-order chi connectivity index (χ0) is 24.8. The van der Waals surface area contributed by atoms with E-state index in [-0.39, 0.29) is 22.7 Å². The van der Waals surface area contributed by atoms with Crippen LogP contribution in [0.5, 0.6) is 0 Å². The van der Waals surface area contributed by atoms with E-state index in [1.54, 1.807) is 36.4 Å². The molecule has 6 nitrogen and oxygen atoms in total. The van der Waals surface area contributed by atoms with Gasteiger partial charge in [-0.05, 0) is 60.9 Å². The molecule has 1 N–H and O–H groups in total. The Balaban J connectivity index is 1.26. The van der Waals surface area contributed by atoms with Gasteiger partial charge in [-0.3, -0.25) is 4.79 Å². The summed E-state index contributed by atoms with van der Waals surface area (Å²) in [6.07, 6.45) is 0.914. The zero-order valence-corrected chi connectivity index (χ0v) is 20.5. The standard InChI is InChI=1S/C27H30FN3O3S/c1-21(23-5-3-2-4-6-23)29-35(33,34)26-14-7-22(8-15-26)9-16-27(32)31-19-17-30(18-20-31)25-12-10-24(28)11-13-25/h2-8,10-15,21,29H,9,16-20H2,1H3/t21-/m1/s1. The minimum atomic E-state index is -3.65. The molecule has 1 aliphatic heterocycles. The summed E-state index contributed by atoms with van der Waals surface area (Å²) in [5, 5.41) is 0. The van der Waals surface area contributed by atoms with Crippen LogP contribution in [-0.2, 0) is 21.2 Å². The molecule has 184 valence electrons. The lowest BCUT2D eigenvalue weighted by Crippen LogP contribution is -2.48. The van der Waals surface area contributed by atoms with Crippen LogP contribution in [0.3, 0.4) is 0 Å². The molecule has 0 aliphatic carbocycles. The third-order valence-corrected chi connectivity index (χ3v) is 7.87. The van der Waals surface area contributed by atoms with Crippen LogP contribution in [0.2, 0.25) is 0 Å². The highest BCUT2D eigenvalue weighted by Crippen LogP contribution is 2.19. The number of anilines is 1. The van der Waals surface area contributed by atoms with Crippen molar-refractivity contribution in [2.24, 2.45) is 0 Å². The number of rotatable bonds is 8. The molecule has 8 heteroatoms. The Labute approximate surface area is 206 Å². The van der Waals surface area contributed by atoms with Crippen molar-refractivity contribution in [1.82, 2.24) is 9.62 Å². The molecule has 0 spiro atoms. The molecule has 0 saturated carbocycles. The Morgan fingerprint density at radius 1 is 0.914 bits per heavy atom. The highest BCUT2D eigenvalue weighted by atomic mass is 32.2. The smallest absolute Gasteiger partial charge is 0.241 e. The molecule has 35 heavy (non-hydrogen) atoms. The summed E-state index contributed by atoms with van der Waals surface area (Å²) in [6.45, 7) is 4.47. The molecule has 1 saturated heterocycles. The maximum absolute atomic E-state index is 13.1. The Bertz CT molecular complexity index is 1220. The van der Waals surface area contributed by atoms with E-state index >= 15 is 0 Å². The van der Waals surface area contributed by atoms with Gasteiger partial charge in [0.15, 0.2) is 0 Å². The van der Waals surface area contributed by atoms with Gasteiger partial charge in [-0.25, -0.2) is 17.5 Å². The Morgan fingerprint density at radius 2 is 1.54 bits per heavy atom.